The van der Waals surface area contributed by atoms with Crippen molar-refractivity contribution in [3.05, 3.63) is 48.0 Å². The Kier molecular flexibility index (Phi) is 3.70. The third-order valence-electron chi connectivity index (χ3n) is 3.63. The van der Waals surface area contributed by atoms with Gasteiger partial charge in [0.05, 0.1) is 10.2 Å². The predicted molar refractivity (Wildman–Crippen MR) is 94.5 cm³/mol. The summed E-state index contributed by atoms with van der Waals surface area (Å²) in [5, 5.41) is 12.0. The van der Waals surface area contributed by atoms with Crippen molar-refractivity contribution in [1.29, 1.82) is 0 Å². The molecule has 4 aromatic rings. The average molecular weight is 337 g/mol. The predicted octanol–water partition coefficient (Wildman–Crippen LogP) is 4.36. The number of nitrogens with one attached hydrogen (secondary N) is 1. The molecule has 0 radical (unpaired) electrons. The van der Waals surface area contributed by atoms with Crippen LogP contribution in [0.25, 0.3) is 21.7 Å². The SMILES string of the molecule is CCc1ccnc(Nc2nc3ccc(-c4nnc(C)o4)cc3s2)c1. The molecule has 7 heteroatoms. The summed E-state index contributed by atoms with van der Waals surface area (Å²) in [5.74, 6) is 1.88. The molecule has 0 saturated heterocycles. The van der Waals surface area contributed by atoms with Gasteiger partial charge in [-0.3, -0.25) is 0 Å². The summed E-state index contributed by atoms with van der Waals surface area (Å²) in [5.41, 5.74) is 3.06. The number of aryl methyl sites for hydroxylation is 2. The third kappa shape index (κ3) is 2.85. The lowest BCUT2D eigenvalue weighted by Crippen LogP contribution is -1.93. The monoisotopic (exact) mass is 337 g/mol. The number of benzene rings is 1. The molecular formula is C17H15N5OS. The van der Waals surface area contributed by atoms with E-state index in [1.165, 1.54) is 5.56 Å². The maximum atomic E-state index is 5.48. The molecular weight excluding hydrogens is 322 g/mol. The molecule has 3 heterocycles. The zero-order valence-electron chi connectivity index (χ0n) is 13.3. The molecule has 120 valence electrons. The van der Waals surface area contributed by atoms with Gasteiger partial charge in [0.1, 0.15) is 5.82 Å². The number of fused-ring (bicyclic) bond motifs is 1. The second kappa shape index (κ2) is 6.01. The minimum absolute atomic E-state index is 0.523. The van der Waals surface area contributed by atoms with Gasteiger partial charge in [-0.25, -0.2) is 9.97 Å². The lowest BCUT2D eigenvalue weighted by atomic mass is 10.2. The van der Waals surface area contributed by atoms with E-state index in [0.29, 0.717) is 11.8 Å². The van der Waals surface area contributed by atoms with E-state index >= 15 is 0 Å². The van der Waals surface area contributed by atoms with Crippen LogP contribution in [0.2, 0.25) is 0 Å². The molecule has 1 aromatic carbocycles. The van der Waals surface area contributed by atoms with Crippen LogP contribution in [0.4, 0.5) is 10.9 Å². The molecule has 0 saturated carbocycles. The fourth-order valence-electron chi connectivity index (χ4n) is 2.40. The van der Waals surface area contributed by atoms with Gasteiger partial charge in [-0.15, -0.1) is 10.2 Å². The number of hydrogen-bond donors (Lipinski definition) is 1. The highest BCUT2D eigenvalue weighted by Gasteiger charge is 2.10. The summed E-state index contributed by atoms with van der Waals surface area (Å²) >= 11 is 1.57. The smallest absolute Gasteiger partial charge is 0.247 e. The number of pyridine rings is 1. The Morgan fingerprint density at radius 1 is 1.17 bits per heavy atom. The van der Waals surface area contributed by atoms with Crippen LogP contribution in [-0.2, 0) is 6.42 Å². The highest BCUT2D eigenvalue weighted by molar-refractivity contribution is 7.22. The Bertz CT molecular complexity index is 1010. The Hall–Kier alpha value is -2.80. The molecule has 0 atom stereocenters. The number of rotatable bonds is 4. The summed E-state index contributed by atoms with van der Waals surface area (Å²) in [7, 11) is 0. The van der Waals surface area contributed by atoms with Crippen LogP contribution in [0.15, 0.2) is 40.9 Å². The number of anilines is 2. The molecule has 0 aliphatic heterocycles. The molecule has 6 nitrogen and oxygen atoms in total. The Morgan fingerprint density at radius 2 is 2.08 bits per heavy atom. The molecule has 0 amide bonds. The van der Waals surface area contributed by atoms with Gasteiger partial charge in [-0.2, -0.15) is 0 Å². The summed E-state index contributed by atoms with van der Waals surface area (Å²) in [6, 6.07) is 9.97. The van der Waals surface area contributed by atoms with Crippen molar-refractivity contribution in [3.63, 3.8) is 0 Å². The zero-order valence-corrected chi connectivity index (χ0v) is 14.1. The van der Waals surface area contributed by atoms with Crippen LogP contribution < -0.4 is 5.32 Å². The summed E-state index contributed by atoms with van der Waals surface area (Å²) < 4.78 is 6.54. The van der Waals surface area contributed by atoms with E-state index in [1.807, 2.05) is 36.5 Å². The van der Waals surface area contributed by atoms with Crippen molar-refractivity contribution in [2.24, 2.45) is 0 Å². The quantitative estimate of drug-likeness (QED) is 0.596. The van der Waals surface area contributed by atoms with Crippen molar-refractivity contribution < 1.29 is 4.42 Å². The number of aromatic nitrogens is 4. The summed E-state index contributed by atoms with van der Waals surface area (Å²) in [4.78, 5) is 8.95. The topological polar surface area (TPSA) is 76.7 Å². The van der Waals surface area contributed by atoms with Crippen LogP contribution in [0.5, 0.6) is 0 Å². The van der Waals surface area contributed by atoms with E-state index in [1.54, 1.807) is 18.3 Å². The van der Waals surface area contributed by atoms with Crippen molar-refractivity contribution >= 4 is 32.5 Å². The van der Waals surface area contributed by atoms with Gasteiger partial charge in [0, 0.05) is 18.7 Å². The van der Waals surface area contributed by atoms with E-state index in [9.17, 15) is 0 Å². The lowest BCUT2D eigenvalue weighted by molar-refractivity contribution is 0.533. The first-order valence-electron chi connectivity index (χ1n) is 7.64. The van der Waals surface area contributed by atoms with Gasteiger partial charge in [-0.05, 0) is 42.3 Å². The maximum Gasteiger partial charge on any atom is 0.247 e. The molecule has 0 aliphatic carbocycles. The first kappa shape index (κ1) is 14.8. The van der Waals surface area contributed by atoms with E-state index in [-0.39, 0.29) is 0 Å². The normalized spacial score (nSPS) is 11.1. The molecule has 3 aromatic heterocycles. The summed E-state index contributed by atoms with van der Waals surface area (Å²) in [6.45, 7) is 3.90. The molecule has 0 spiro atoms. The minimum Gasteiger partial charge on any atom is -0.421 e. The minimum atomic E-state index is 0.523. The van der Waals surface area contributed by atoms with Crippen molar-refractivity contribution in [2.45, 2.75) is 20.3 Å². The molecule has 0 bridgehead atoms. The van der Waals surface area contributed by atoms with E-state index in [0.717, 1.165) is 33.2 Å². The molecule has 1 N–H and O–H groups in total. The Balaban J connectivity index is 1.65. The zero-order chi connectivity index (χ0) is 16.5. The van der Waals surface area contributed by atoms with Crippen LogP contribution in [-0.4, -0.2) is 20.2 Å². The molecule has 0 aliphatic rings. The van der Waals surface area contributed by atoms with Crippen LogP contribution in [0, 0.1) is 6.92 Å². The Labute approximate surface area is 142 Å². The van der Waals surface area contributed by atoms with Gasteiger partial charge >= 0.3 is 0 Å². The first-order chi connectivity index (χ1) is 11.7. The van der Waals surface area contributed by atoms with Crippen molar-refractivity contribution in [3.8, 4) is 11.5 Å². The Morgan fingerprint density at radius 3 is 2.88 bits per heavy atom. The highest BCUT2D eigenvalue weighted by Crippen LogP contribution is 2.31. The van der Waals surface area contributed by atoms with Gasteiger partial charge in [0.25, 0.3) is 0 Å². The third-order valence-corrected chi connectivity index (χ3v) is 4.56. The standard InChI is InChI=1S/C17H15N5OS/c1-3-11-6-7-18-15(8-11)20-17-19-13-5-4-12(9-14(13)24-17)16-22-21-10(2)23-16/h4-9H,3H2,1-2H3,(H,18,19,20). The highest BCUT2D eigenvalue weighted by atomic mass is 32.1. The van der Waals surface area contributed by atoms with E-state index < -0.39 is 0 Å². The van der Waals surface area contributed by atoms with Crippen LogP contribution >= 0.6 is 11.3 Å². The van der Waals surface area contributed by atoms with Gasteiger partial charge < -0.3 is 9.73 Å². The van der Waals surface area contributed by atoms with Gasteiger partial charge in [0.15, 0.2) is 5.13 Å². The molecule has 0 fully saturated rings. The van der Waals surface area contributed by atoms with Crippen molar-refractivity contribution in [1.82, 2.24) is 20.2 Å². The van der Waals surface area contributed by atoms with Crippen LogP contribution in [0.3, 0.4) is 0 Å². The molecule has 24 heavy (non-hydrogen) atoms. The first-order valence-corrected chi connectivity index (χ1v) is 8.46. The van der Waals surface area contributed by atoms with Gasteiger partial charge in [0.2, 0.25) is 11.8 Å². The number of hydrogen-bond acceptors (Lipinski definition) is 7. The van der Waals surface area contributed by atoms with E-state index in [2.05, 4.69) is 32.4 Å². The lowest BCUT2D eigenvalue weighted by Gasteiger charge is -2.02. The average Bonchev–Trinajstić information content (AvgIpc) is 3.19. The fourth-order valence-corrected chi connectivity index (χ4v) is 3.31. The summed E-state index contributed by atoms with van der Waals surface area (Å²) in [6.07, 6.45) is 2.79. The fraction of sp³-hybridized carbons (Fsp3) is 0.176. The van der Waals surface area contributed by atoms with E-state index in [4.69, 9.17) is 4.42 Å². The van der Waals surface area contributed by atoms with Gasteiger partial charge in [-0.1, -0.05) is 18.3 Å². The maximum absolute atomic E-state index is 5.48. The van der Waals surface area contributed by atoms with Crippen LogP contribution in [0.1, 0.15) is 18.4 Å². The van der Waals surface area contributed by atoms with Crippen molar-refractivity contribution in [2.75, 3.05) is 5.32 Å². The molecule has 4 rings (SSSR count). The second-order valence-corrected chi connectivity index (χ2v) is 6.39. The molecule has 0 unspecified atom stereocenters. The second-order valence-electron chi connectivity index (χ2n) is 5.36. The number of nitrogens with zero attached hydrogens (tertiary/aromatic N) is 4. The largest absolute Gasteiger partial charge is 0.421 e. The number of thiazole rings is 1.